The van der Waals surface area contributed by atoms with E-state index in [4.69, 9.17) is 18.9 Å². The number of hydrogen-bond acceptors (Lipinski definition) is 7. The quantitative estimate of drug-likeness (QED) is 0.210. The lowest BCUT2D eigenvalue weighted by atomic mass is 9.89. The Labute approximate surface area is 277 Å². The lowest BCUT2D eigenvalue weighted by Gasteiger charge is -2.43. The van der Waals surface area contributed by atoms with Crippen LogP contribution in [-0.4, -0.2) is 49.3 Å². The normalized spacial score (nSPS) is 21.1. The van der Waals surface area contributed by atoms with Crippen molar-refractivity contribution in [3.05, 3.63) is 118 Å². The Morgan fingerprint density at radius 2 is 1.57 bits per heavy atom. The Kier molecular flexibility index (Phi) is 10.2. The summed E-state index contributed by atoms with van der Waals surface area (Å²) in [6, 6.07) is 28.8. The molecule has 0 saturated carbocycles. The molecule has 0 aliphatic carbocycles. The highest BCUT2D eigenvalue weighted by Gasteiger charge is 2.39. The van der Waals surface area contributed by atoms with E-state index in [-0.39, 0.29) is 30.6 Å². The number of nitrogens with zero attached hydrogens (tertiary/aromatic N) is 1. The highest BCUT2D eigenvalue weighted by atomic mass is 16.7. The third-order valence-corrected chi connectivity index (χ3v) is 9.32. The fourth-order valence-electron chi connectivity index (χ4n) is 6.63. The van der Waals surface area contributed by atoms with Gasteiger partial charge in [0, 0.05) is 44.6 Å². The van der Waals surface area contributed by atoms with Crippen molar-refractivity contribution in [2.45, 2.75) is 58.5 Å². The highest BCUT2D eigenvalue weighted by Crippen LogP contribution is 2.43. The van der Waals surface area contributed by atoms with Gasteiger partial charge >= 0.3 is 0 Å². The maximum atomic E-state index is 11.5. The first kappa shape index (κ1) is 32.7. The van der Waals surface area contributed by atoms with Gasteiger partial charge in [0.05, 0.1) is 33.0 Å². The predicted octanol–water partition coefficient (Wildman–Crippen LogP) is 6.35. The van der Waals surface area contributed by atoms with Crippen LogP contribution < -0.4 is 14.8 Å². The SMILES string of the molecule is COc1cc2c(cc1OC)CN(CC1OC(c3cccc(-c4cccc(CNC(C)=O)c4)c3)OC(c3ccc(CO)cc3)C1C)CC2. The van der Waals surface area contributed by atoms with Crippen LogP contribution in [-0.2, 0) is 40.4 Å². The first-order valence-electron chi connectivity index (χ1n) is 16.3. The fraction of sp³-hybridized carbons (Fsp3) is 0.359. The predicted molar refractivity (Wildman–Crippen MR) is 181 cm³/mol. The summed E-state index contributed by atoms with van der Waals surface area (Å²) in [4.78, 5) is 13.9. The van der Waals surface area contributed by atoms with Crippen molar-refractivity contribution in [2.75, 3.05) is 27.3 Å². The summed E-state index contributed by atoms with van der Waals surface area (Å²) in [7, 11) is 3.35. The smallest absolute Gasteiger partial charge is 0.217 e. The molecule has 1 fully saturated rings. The second-order valence-corrected chi connectivity index (χ2v) is 12.5. The first-order valence-corrected chi connectivity index (χ1v) is 16.3. The van der Waals surface area contributed by atoms with Gasteiger partial charge in [0.1, 0.15) is 0 Å². The van der Waals surface area contributed by atoms with Gasteiger partial charge < -0.3 is 29.4 Å². The summed E-state index contributed by atoms with van der Waals surface area (Å²) in [6.45, 7) is 6.68. The molecule has 2 heterocycles. The Morgan fingerprint density at radius 3 is 2.28 bits per heavy atom. The minimum atomic E-state index is -0.567. The van der Waals surface area contributed by atoms with Gasteiger partial charge in [-0.25, -0.2) is 0 Å². The van der Waals surface area contributed by atoms with E-state index in [9.17, 15) is 9.90 Å². The molecule has 8 heteroatoms. The Hall–Kier alpha value is -4.21. The number of aliphatic hydroxyl groups is 1. The van der Waals surface area contributed by atoms with Crippen molar-refractivity contribution in [3.63, 3.8) is 0 Å². The van der Waals surface area contributed by atoms with E-state index in [1.54, 1.807) is 14.2 Å². The van der Waals surface area contributed by atoms with Gasteiger partial charge in [0.15, 0.2) is 17.8 Å². The van der Waals surface area contributed by atoms with E-state index in [0.717, 1.165) is 70.9 Å². The van der Waals surface area contributed by atoms with Crippen LogP contribution in [0.4, 0.5) is 0 Å². The minimum Gasteiger partial charge on any atom is -0.493 e. The summed E-state index contributed by atoms with van der Waals surface area (Å²) in [5.41, 5.74) is 8.56. The summed E-state index contributed by atoms with van der Waals surface area (Å²) in [6.07, 6.45) is 0.0639. The van der Waals surface area contributed by atoms with Gasteiger partial charge in [-0.1, -0.05) is 67.6 Å². The fourth-order valence-corrected chi connectivity index (χ4v) is 6.63. The monoisotopic (exact) mass is 636 g/mol. The van der Waals surface area contributed by atoms with Crippen molar-refractivity contribution in [2.24, 2.45) is 5.92 Å². The first-order chi connectivity index (χ1) is 22.8. The number of hydrogen-bond donors (Lipinski definition) is 2. The van der Waals surface area contributed by atoms with Crippen LogP contribution in [0.2, 0.25) is 0 Å². The summed E-state index contributed by atoms with van der Waals surface area (Å²) in [5, 5.41) is 12.5. The third kappa shape index (κ3) is 7.52. The average molecular weight is 637 g/mol. The summed E-state index contributed by atoms with van der Waals surface area (Å²) in [5.74, 6) is 1.53. The molecule has 4 aromatic rings. The van der Waals surface area contributed by atoms with Crippen LogP contribution in [0.3, 0.4) is 0 Å². The molecule has 4 unspecified atom stereocenters. The lowest BCUT2D eigenvalue weighted by molar-refractivity contribution is -0.276. The number of methoxy groups -OCH3 is 2. The largest absolute Gasteiger partial charge is 0.493 e. The van der Waals surface area contributed by atoms with Crippen LogP contribution >= 0.6 is 0 Å². The van der Waals surface area contributed by atoms with E-state index in [2.05, 4.69) is 71.7 Å². The maximum Gasteiger partial charge on any atom is 0.217 e. The van der Waals surface area contributed by atoms with Crippen LogP contribution in [0.25, 0.3) is 11.1 Å². The number of carbonyl (C=O) groups excluding carboxylic acids is 1. The topological polar surface area (TPSA) is 89.5 Å². The number of aliphatic hydroxyl groups excluding tert-OH is 1. The van der Waals surface area contributed by atoms with Crippen LogP contribution in [0, 0.1) is 5.92 Å². The van der Waals surface area contributed by atoms with Crippen molar-refractivity contribution < 1.29 is 28.8 Å². The van der Waals surface area contributed by atoms with Gasteiger partial charge in [-0.05, 0) is 69.6 Å². The van der Waals surface area contributed by atoms with Gasteiger partial charge in [-0.15, -0.1) is 0 Å². The third-order valence-electron chi connectivity index (χ3n) is 9.32. The molecule has 246 valence electrons. The standard InChI is InChI=1S/C39H44N2O6/c1-25-37(23-41-16-15-32-19-35(44-3)36(45-4)20-34(32)22-41)46-39(47-38(25)29-13-11-27(24-42)12-14-29)33-10-6-9-31(18-33)30-8-5-7-28(17-30)21-40-26(2)43/h5-14,17-20,25,37-39,42H,15-16,21-24H2,1-4H3,(H,40,43). The van der Waals surface area contributed by atoms with Crippen LogP contribution in [0.15, 0.2) is 84.9 Å². The van der Waals surface area contributed by atoms with Crippen molar-refractivity contribution in [1.29, 1.82) is 0 Å². The zero-order chi connectivity index (χ0) is 32.9. The minimum absolute atomic E-state index is 0.00161. The molecule has 1 saturated heterocycles. The Balaban J connectivity index is 1.27. The molecule has 2 aliphatic heterocycles. The number of nitrogens with one attached hydrogen (secondary N) is 1. The highest BCUT2D eigenvalue weighted by molar-refractivity contribution is 5.73. The van der Waals surface area contributed by atoms with Crippen molar-refractivity contribution in [1.82, 2.24) is 10.2 Å². The molecular weight excluding hydrogens is 592 g/mol. The molecule has 47 heavy (non-hydrogen) atoms. The molecule has 6 rings (SSSR count). The number of benzene rings is 4. The van der Waals surface area contributed by atoms with E-state index in [0.29, 0.717) is 6.54 Å². The lowest BCUT2D eigenvalue weighted by Crippen LogP contribution is -2.45. The van der Waals surface area contributed by atoms with E-state index in [1.165, 1.54) is 18.1 Å². The zero-order valence-electron chi connectivity index (χ0n) is 27.6. The number of rotatable bonds is 10. The molecule has 4 aromatic carbocycles. The van der Waals surface area contributed by atoms with E-state index in [1.807, 2.05) is 30.3 Å². The van der Waals surface area contributed by atoms with E-state index >= 15 is 0 Å². The molecule has 0 spiro atoms. The number of ether oxygens (including phenoxy) is 4. The molecule has 0 bridgehead atoms. The maximum absolute atomic E-state index is 11.5. The van der Waals surface area contributed by atoms with E-state index < -0.39 is 6.29 Å². The van der Waals surface area contributed by atoms with Crippen molar-refractivity contribution in [3.8, 4) is 22.6 Å². The molecule has 0 aromatic heterocycles. The summed E-state index contributed by atoms with van der Waals surface area (Å²) < 4.78 is 24.8. The Morgan fingerprint density at radius 1 is 0.872 bits per heavy atom. The zero-order valence-corrected chi connectivity index (χ0v) is 27.6. The van der Waals surface area contributed by atoms with Gasteiger partial charge in [0.2, 0.25) is 5.91 Å². The second kappa shape index (κ2) is 14.7. The van der Waals surface area contributed by atoms with Crippen LogP contribution in [0.5, 0.6) is 11.5 Å². The molecular formula is C39H44N2O6. The van der Waals surface area contributed by atoms with Gasteiger partial charge in [-0.3, -0.25) is 9.69 Å². The Bertz CT molecular complexity index is 1690. The molecule has 0 radical (unpaired) electrons. The number of carbonyl (C=O) groups is 1. The molecule has 8 nitrogen and oxygen atoms in total. The molecule has 1 amide bonds. The van der Waals surface area contributed by atoms with Gasteiger partial charge in [-0.2, -0.15) is 0 Å². The number of fused-ring (bicyclic) bond motifs is 1. The van der Waals surface area contributed by atoms with Crippen molar-refractivity contribution >= 4 is 5.91 Å². The average Bonchev–Trinajstić information content (AvgIpc) is 3.11. The molecule has 2 N–H and O–H groups in total. The molecule has 4 atom stereocenters. The second-order valence-electron chi connectivity index (χ2n) is 12.5. The number of amides is 1. The van der Waals surface area contributed by atoms with Gasteiger partial charge in [0.25, 0.3) is 0 Å². The summed E-state index contributed by atoms with van der Waals surface area (Å²) >= 11 is 0. The molecule has 2 aliphatic rings. The van der Waals surface area contributed by atoms with Crippen LogP contribution in [0.1, 0.15) is 59.6 Å².